The first-order chi connectivity index (χ1) is 16.0. The lowest BCUT2D eigenvalue weighted by molar-refractivity contribution is 0.247. The number of benzene rings is 1. The van der Waals surface area contributed by atoms with E-state index in [0.29, 0.717) is 22.8 Å². The van der Waals surface area contributed by atoms with E-state index in [1.54, 1.807) is 36.7 Å². The molecule has 0 spiro atoms. The van der Waals surface area contributed by atoms with E-state index < -0.39 is 6.04 Å². The van der Waals surface area contributed by atoms with Crippen molar-refractivity contribution in [2.75, 3.05) is 6.61 Å². The molecule has 0 bridgehead atoms. The Balaban J connectivity index is 1.50. The summed E-state index contributed by atoms with van der Waals surface area (Å²) in [4.78, 5) is 26.8. The molecule has 1 aliphatic rings. The minimum atomic E-state index is -0.521. The molecule has 0 unspecified atom stereocenters. The lowest BCUT2D eigenvalue weighted by Crippen LogP contribution is -2.26. The monoisotopic (exact) mass is 456 g/mol. The van der Waals surface area contributed by atoms with Gasteiger partial charge in [0.05, 0.1) is 36.3 Å². The molecular weight excluding hydrogens is 436 g/mol. The standard InChI is InChI=1S/C26H21ClN4O2/c1-16-11-19(7-9-28-16)25-26-20(14-29-25)5-6-22(30-26)17-8-10-31(24(33)13-17)23(15-32)18-3-2-4-21(27)12-18/h2-13,23,32H,14-15H2,1H3/t23-/m1/s1. The minimum absolute atomic E-state index is 0.220. The number of aliphatic imine (C=N–C) groups is 1. The molecule has 1 N–H and O–H groups in total. The number of hydrogen-bond acceptors (Lipinski definition) is 5. The van der Waals surface area contributed by atoms with Gasteiger partial charge in [0, 0.05) is 45.9 Å². The quantitative estimate of drug-likeness (QED) is 0.488. The molecule has 1 aliphatic heterocycles. The van der Waals surface area contributed by atoms with E-state index in [9.17, 15) is 9.90 Å². The second-order valence-electron chi connectivity index (χ2n) is 7.97. The van der Waals surface area contributed by atoms with E-state index in [1.807, 2.05) is 43.3 Å². The largest absolute Gasteiger partial charge is 0.394 e. The van der Waals surface area contributed by atoms with Gasteiger partial charge in [-0.1, -0.05) is 29.8 Å². The van der Waals surface area contributed by atoms with Gasteiger partial charge in [0.15, 0.2) is 0 Å². The first kappa shape index (κ1) is 21.2. The number of pyridine rings is 3. The first-order valence-corrected chi connectivity index (χ1v) is 11.0. The molecule has 7 heteroatoms. The number of fused-ring (bicyclic) bond motifs is 1. The molecule has 0 radical (unpaired) electrons. The molecule has 0 saturated heterocycles. The van der Waals surface area contributed by atoms with Crippen molar-refractivity contribution in [2.24, 2.45) is 4.99 Å². The predicted molar refractivity (Wildman–Crippen MR) is 129 cm³/mol. The summed E-state index contributed by atoms with van der Waals surface area (Å²) in [6, 6.07) is 17.9. The molecule has 33 heavy (non-hydrogen) atoms. The molecule has 5 rings (SSSR count). The van der Waals surface area contributed by atoms with Gasteiger partial charge in [0.25, 0.3) is 5.56 Å². The number of rotatable bonds is 5. The number of aryl methyl sites for hydroxylation is 1. The second kappa shape index (κ2) is 8.73. The number of aromatic nitrogens is 3. The van der Waals surface area contributed by atoms with Crippen LogP contribution in [0.4, 0.5) is 0 Å². The summed E-state index contributed by atoms with van der Waals surface area (Å²) in [5, 5.41) is 10.5. The third-order valence-corrected chi connectivity index (χ3v) is 6.00. The molecule has 3 aromatic heterocycles. The normalized spacial score (nSPS) is 13.5. The van der Waals surface area contributed by atoms with Crippen LogP contribution in [0.25, 0.3) is 11.3 Å². The van der Waals surface area contributed by atoms with E-state index in [2.05, 4.69) is 9.98 Å². The van der Waals surface area contributed by atoms with Crippen molar-refractivity contribution in [2.45, 2.75) is 19.5 Å². The molecular formula is C26H21ClN4O2. The van der Waals surface area contributed by atoms with Crippen molar-refractivity contribution < 1.29 is 5.11 Å². The van der Waals surface area contributed by atoms with Crippen LogP contribution in [0.3, 0.4) is 0 Å². The summed E-state index contributed by atoms with van der Waals surface area (Å²) in [5.74, 6) is 0. The van der Waals surface area contributed by atoms with Gasteiger partial charge in [-0.15, -0.1) is 0 Å². The van der Waals surface area contributed by atoms with Crippen molar-refractivity contribution in [3.05, 3.63) is 117 Å². The average Bonchev–Trinajstić information content (AvgIpc) is 3.24. The van der Waals surface area contributed by atoms with Gasteiger partial charge < -0.3 is 9.67 Å². The van der Waals surface area contributed by atoms with Gasteiger partial charge in [0.2, 0.25) is 0 Å². The fourth-order valence-corrected chi connectivity index (χ4v) is 4.31. The van der Waals surface area contributed by atoms with Crippen LogP contribution in [0.2, 0.25) is 5.02 Å². The summed E-state index contributed by atoms with van der Waals surface area (Å²) >= 11 is 6.10. The van der Waals surface area contributed by atoms with E-state index in [1.165, 1.54) is 4.57 Å². The number of halogens is 1. The zero-order valence-electron chi connectivity index (χ0n) is 17.9. The summed E-state index contributed by atoms with van der Waals surface area (Å²) < 4.78 is 1.51. The zero-order chi connectivity index (χ0) is 22.9. The smallest absolute Gasteiger partial charge is 0.251 e. The number of aliphatic hydroxyl groups is 1. The average molecular weight is 457 g/mol. The third-order valence-electron chi connectivity index (χ3n) is 5.77. The summed E-state index contributed by atoms with van der Waals surface area (Å²) in [6.07, 6.45) is 3.46. The molecule has 4 heterocycles. The second-order valence-corrected chi connectivity index (χ2v) is 8.41. The lowest BCUT2D eigenvalue weighted by Gasteiger charge is -2.18. The van der Waals surface area contributed by atoms with Crippen LogP contribution in [-0.4, -0.2) is 32.0 Å². The van der Waals surface area contributed by atoms with Crippen LogP contribution in [-0.2, 0) is 6.54 Å². The van der Waals surface area contributed by atoms with Crippen LogP contribution < -0.4 is 5.56 Å². The maximum Gasteiger partial charge on any atom is 0.251 e. The number of nitrogens with zero attached hydrogens (tertiary/aromatic N) is 4. The van der Waals surface area contributed by atoms with E-state index >= 15 is 0 Å². The van der Waals surface area contributed by atoms with Crippen LogP contribution in [0.5, 0.6) is 0 Å². The van der Waals surface area contributed by atoms with Gasteiger partial charge in [-0.2, -0.15) is 0 Å². The SMILES string of the molecule is Cc1cc(C2=NCc3ccc(-c4ccn([C@H](CO)c5cccc(Cl)c5)c(=O)c4)nc32)ccn1. The highest BCUT2D eigenvalue weighted by Crippen LogP contribution is 2.26. The van der Waals surface area contributed by atoms with Crippen molar-refractivity contribution in [3.8, 4) is 11.3 Å². The number of hydrogen-bond donors (Lipinski definition) is 1. The van der Waals surface area contributed by atoms with Gasteiger partial charge in [0.1, 0.15) is 0 Å². The maximum atomic E-state index is 13.0. The molecule has 1 aromatic carbocycles. The molecule has 0 fully saturated rings. The Kier molecular flexibility index (Phi) is 5.62. The molecule has 6 nitrogen and oxygen atoms in total. The summed E-state index contributed by atoms with van der Waals surface area (Å²) in [5.41, 5.74) is 6.56. The fourth-order valence-electron chi connectivity index (χ4n) is 4.12. The lowest BCUT2D eigenvalue weighted by atomic mass is 10.0. The van der Waals surface area contributed by atoms with Crippen molar-refractivity contribution in [3.63, 3.8) is 0 Å². The Morgan fingerprint density at radius 1 is 1.09 bits per heavy atom. The molecule has 4 aromatic rings. The third kappa shape index (κ3) is 4.11. The Morgan fingerprint density at radius 2 is 1.97 bits per heavy atom. The summed E-state index contributed by atoms with van der Waals surface area (Å²) in [6.45, 7) is 2.31. The molecule has 1 atom stereocenters. The topological polar surface area (TPSA) is 80.4 Å². The van der Waals surface area contributed by atoms with Crippen LogP contribution >= 0.6 is 11.6 Å². The highest BCUT2D eigenvalue weighted by atomic mass is 35.5. The first-order valence-electron chi connectivity index (χ1n) is 10.6. The Morgan fingerprint density at radius 3 is 2.73 bits per heavy atom. The van der Waals surface area contributed by atoms with Crippen molar-refractivity contribution in [1.82, 2.24) is 14.5 Å². The van der Waals surface area contributed by atoms with Crippen LogP contribution in [0, 0.1) is 6.92 Å². The highest BCUT2D eigenvalue weighted by Gasteiger charge is 2.21. The minimum Gasteiger partial charge on any atom is -0.394 e. The Hall–Kier alpha value is -3.61. The Labute approximate surface area is 195 Å². The maximum absolute atomic E-state index is 13.0. The molecule has 0 aliphatic carbocycles. The van der Waals surface area contributed by atoms with Crippen LogP contribution in [0.1, 0.15) is 34.1 Å². The molecule has 0 saturated carbocycles. The van der Waals surface area contributed by atoms with Gasteiger partial charge >= 0.3 is 0 Å². The predicted octanol–water partition coefficient (Wildman–Crippen LogP) is 4.20. The number of aliphatic hydroxyl groups excluding tert-OH is 1. The summed E-state index contributed by atoms with van der Waals surface area (Å²) in [7, 11) is 0. The van der Waals surface area contributed by atoms with E-state index in [-0.39, 0.29) is 12.2 Å². The fraction of sp³-hybridized carbons (Fsp3) is 0.154. The van der Waals surface area contributed by atoms with Crippen molar-refractivity contribution >= 4 is 17.3 Å². The molecule has 164 valence electrons. The van der Waals surface area contributed by atoms with Gasteiger partial charge in [-0.25, -0.2) is 4.98 Å². The van der Waals surface area contributed by atoms with E-state index in [4.69, 9.17) is 16.6 Å². The van der Waals surface area contributed by atoms with E-state index in [0.717, 1.165) is 33.8 Å². The zero-order valence-corrected chi connectivity index (χ0v) is 18.7. The Bertz CT molecular complexity index is 1440. The van der Waals surface area contributed by atoms with Gasteiger partial charge in [-0.3, -0.25) is 14.8 Å². The molecule has 0 amide bonds. The van der Waals surface area contributed by atoms with Crippen LogP contribution in [0.15, 0.2) is 82.8 Å². The van der Waals surface area contributed by atoms with Crippen molar-refractivity contribution in [1.29, 1.82) is 0 Å². The highest BCUT2D eigenvalue weighted by molar-refractivity contribution is 6.30. The van der Waals surface area contributed by atoms with Gasteiger partial charge in [-0.05, 0) is 48.9 Å².